The third kappa shape index (κ3) is 5.29. The largest absolute Gasteiger partial charge is 0.351 e. The Bertz CT molecular complexity index is 1660. The predicted octanol–water partition coefficient (Wildman–Crippen LogP) is 5.96. The molecule has 39 heavy (non-hydrogen) atoms. The van der Waals surface area contributed by atoms with Crippen LogP contribution in [0.4, 0.5) is 11.4 Å². The number of aromatic nitrogens is 2. The number of aryl methyl sites for hydroxylation is 4. The number of nitrogens with one attached hydrogen (secondary N) is 2. The summed E-state index contributed by atoms with van der Waals surface area (Å²) in [5.41, 5.74) is 10.1. The molecule has 1 aliphatic heterocycles. The normalized spacial score (nSPS) is 17.4. The van der Waals surface area contributed by atoms with E-state index in [1.807, 2.05) is 37.3 Å². The monoisotopic (exact) mass is 559 g/mol. The van der Waals surface area contributed by atoms with Crippen LogP contribution in [0.1, 0.15) is 51.4 Å². The van der Waals surface area contributed by atoms with Gasteiger partial charge >= 0.3 is 0 Å². The van der Waals surface area contributed by atoms with Crippen molar-refractivity contribution in [1.29, 1.82) is 0 Å². The molecule has 2 aromatic carbocycles. The first-order valence-electron chi connectivity index (χ1n) is 12.8. The van der Waals surface area contributed by atoms with Gasteiger partial charge in [-0.3, -0.25) is 9.71 Å². The molecule has 202 valence electrons. The molecule has 4 aromatic rings. The standard InChI is InChI=1S/C30H33N5O2S2/c1-18-13-19(2)15-24(14-18)34-21(4)17-25(22(34)5)29-28(27-9-7-8-12-31-27)32-30(38)35(29)23-10-11-26(20(3)16-23)33-39(6,36)37/h7-17,28-29,33H,1-6H3,(H,32,38)/t28-,29-/m0/s1. The fraction of sp³-hybridized carbons (Fsp3) is 0.267. The van der Waals surface area contributed by atoms with E-state index in [0.717, 1.165) is 45.8 Å². The smallest absolute Gasteiger partial charge is 0.229 e. The lowest BCUT2D eigenvalue weighted by molar-refractivity contribution is 0.565. The Balaban J connectivity index is 1.66. The molecule has 5 rings (SSSR count). The maximum atomic E-state index is 11.9. The molecule has 0 aliphatic carbocycles. The summed E-state index contributed by atoms with van der Waals surface area (Å²) in [7, 11) is -3.39. The maximum absolute atomic E-state index is 11.9. The summed E-state index contributed by atoms with van der Waals surface area (Å²) in [5, 5.41) is 4.12. The van der Waals surface area contributed by atoms with Crippen LogP contribution >= 0.6 is 12.2 Å². The second kappa shape index (κ2) is 10.1. The molecule has 1 aliphatic rings. The van der Waals surface area contributed by atoms with Crippen molar-refractivity contribution in [3.8, 4) is 5.69 Å². The van der Waals surface area contributed by atoms with Crippen molar-refractivity contribution >= 4 is 38.7 Å². The molecule has 1 saturated heterocycles. The average Bonchev–Trinajstić information content (AvgIpc) is 3.34. The van der Waals surface area contributed by atoms with E-state index in [1.54, 1.807) is 12.3 Å². The highest BCUT2D eigenvalue weighted by molar-refractivity contribution is 7.92. The van der Waals surface area contributed by atoms with Crippen LogP contribution in [-0.2, 0) is 10.0 Å². The SMILES string of the molecule is Cc1cc(C)cc(-n2c(C)cc([C@H]3[C@H](c4ccccn4)NC(=S)N3c3ccc(NS(C)(=O)=O)c(C)c3)c2C)c1. The summed E-state index contributed by atoms with van der Waals surface area (Å²) in [6.45, 7) is 10.4. The van der Waals surface area contributed by atoms with E-state index in [0.29, 0.717) is 10.8 Å². The van der Waals surface area contributed by atoms with Gasteiger partial charge in [0, 0.05) is 29.0 Å². The van der Waals surface area contributed by atoms with Crippen molar-refractivity contribution in [2.75, 3.05) is 15.9 Å². The third-order valence-corrected chi connectivity index (χ3v) is 8.04. The van der Waals surface area contributed by atoms with Gasteiger partial charge in [-0.2, -0.15) is 0 Å². The summed E-state index contributed by atoms with van der Waals surface area (Å²) in [4.78, 5) is 6.80. The minimum atomic E-state index is -3.39. The Kier molecular flexibility index (Phi) is 6.99. The molecule has 0 saturated carbocycles. The number of anilines is 2. The number of thiocarbonyl (C=S) groups is 1. The number of sulfonamides is 1. The van der Waals surface area contributed by atoms with Gasteiger partial charge in [-0.15, -0.1) is 0 Å². The predicted molar refractivity (Wildman–Crippen MR) is 162 cm³/mol. The van der Waals surface area contributed by atoms with E-state index in [4.69, 9.17) is 12.2 Å². The molecule has 0 bridgehead atoms. The molecule has 0 radical (unpaired) electrons. The average molecular weight is 560 g/mol. The highest BCUT2D eigenvalue weighted by Crippen LogP contribution is 2.44. The van der Waals surface area contributed by atoms with Crippen LogP contribution in [0.3, 0.4) is 0 Å². The van der Waals surface area contributed by atoms with Gasteiger partial charge in [0.25, 0.3) is 0 Å². The number of benzene rings is 2. The zero-order valence-electron chi connectivity index (χ0n) is 23.0. The second-order valence-corrected chi connectivity index (χ2v) is 12.5. The summed E-state index contributed by atoms with van der Waals surface area (Å²) in [6, 6.07) is 20.1. The fourth-order valence-electron chi connectivity index (χ4n) is 5.63. The number of pyridine rings is 1. The third-order valence-electron chi connectivity index (χ3n) is 7.14. The molecule has 2 aromatic heterocycles. The lowest BCUT2D eigenvalue weighted by Crippen LogP contribution is -2.29. The van der Waals surface area contributed by atoms with Crippen molar-refractivity contribution in [2.24, 2.45) is 0 Å². The van der Waals surface area contributed by atoms with E-state index >= 15 is 0 Å². The molecule has 7 nitrogen and oxygen atoms in total. The quantitative estimate of drug-likeness (QED) is 0.284. The summed E-state index contributed by atoms with van der Waals surface area (Å²) < 4.78 is 28.6. The number of rotatable bonds is 6. The lowest BCUT2D eigenvalue weighted by atomic mass is 9.96. The highest BCUT2D eigenvalue weighted by Gasteiger charge is 2.42. The van der Waals surface area contributed by atoms with Gasteiger partial charge in [-0.05, 0) is 118 Å². The Morgan fingerprint density at radius 3 is 2.26 bits per heavy atom. The number of nitrogens with zero attached hydrogens (tertiary/aromatic N) is 3. The Morgan fingerprint density at radius 2 is 1.64 bits per heavy atom. The van der Waals surface area contributed by atoms with E-state index in [9.17, 15) is 8.42 Å². The van der Waals surface area contributed by atoms with E-state index < -0.39 is 10.0 Å². The van der Waals surface area contributed by atoms with Crippen LogP contribution in [0.2, 0.25) is 0 Å². The van der Waals surface area contributed by atoms with Crippen molar-refractivity contribution in [3.63, 3.8) is 0 Å². The van der Waals surface area contributed by atoms with Crippen LogP contribution < -0.4 is 14.9 Å². The minimum absolute atomic E-state index is 0.175. The van der Waals surface area contributed by atoms with Crippen LogP contribution in [0.15, 0.2) is 66.9 Å². The second-order valence-electron chi connectivity index (χ2n) is 10.4. The Morgan fingerprint density at radius 1 is 0.923 bits per heavy atom. The molecule has 3 heterocycles. The van der Waals surface area contributed by atoms with Gasteiger partial charge in [0.05, 0.1) is 29.7 Å². The first-order valence-corrected chi connectivity index (χ1v) is 15.1. The summed E-state index contributed by atoms with van der Waals surface area (Å²) in [5.74, 6) is 0. The fourth-order valence-corrected chi connectivity index (χ4v) is 6.60. The van der Waals surface area contributed by atoms with E-state index in [2.05, 4.69) is 76.5 Å². The zero-order chi connectivity index (χ0) is 28.1. The van der Waals surface area contributed by atoms with Gasteiger partial charge in [0.2, 0.25) is 10.0 Å². The molecule has 2 N–H and O–H groups in total. The van der Waals surface area contributed by atoms with Crippen LogP contribution in [0.25, 0.3) is 5.69 Å². The Hall–Kier alpha value is -3.69. The first kappa shape index (κ1) is 26.9. The highest BCUT2D eigenvalue weighted by atomic mass is 32.2. The minimum Gasteiger partial charge on any atom is -0.351 e. The molecule has 9 heteroatoms. The summed E-state index contributed by atoms with van der Waals surface area (Å²) >= 11 is 5.92. The van der Waals surface area contributed by atoms with E-state index in [1.165, 1.54) is 11.1 Å². The van der Waals surface area contributed by atoms with Crippen molar-refractivity contribution in [2.45, 2.75) is 46.7 Å². The van der Waals surface area contributed by atoms with Gasteiger partial charge in [-0.1, -0.05) is 12.1 Å². The van der Waals surface area contributed by atoms with Crippen molar-refractivity contribution in [1.82, 2.24) is 14.9 Å². The molecule has 0 amide bonds. The molecular weight excluding hydrogens is 526 g/mol. The van der Waals surface area contributed by atoms with E-state index in [-0.39, 0.29) is 12.1 Å². The number of hydrogen-bond donors (Lipinski definition) is 2. The maximum Gasteiger partial charge on any atom is 0.229 e. The molecule has 2 atom stereocenters. The first-order chi connectivity index (χ1) is 18.4. The van der Waals surface area contributed by atoms with Crippen LogP contribution in [0, 0.1) is 34.6 Å². The topological polar surface area (TPSA) is 79.3 Å². The molecule has 0 unspecified atom stereocenters. The molecular formula is C30H33N5O2S2. The number of hydrogen-bond acceptors (Lipinski definition) is 4. The van der Waals surface area contributed by atoms with Gasteiger partial charge in [-0.25, -0.2) is 8.42 Å². The van der Waals surface area contributed by atoms with Crippen LogP contribution in [0.5, 0.6) is 0 Å². The zero-order valence-corrected chi connectivity index (χ0v) is 24.6. The van der Waals surface area contributed by atoms with Crippen molar-refractivity contribution < 1.29 is 8.42 Å². The summed E-state index contributed by atoms with van der Waals surface area (Å²) in [6.07, 6.45) is 2.95. The Labute approximate surface area is 235 Å². The van der Waals surface area contributed by atoms with Crippen molar-refractivity contribution in [3.05, 3.63) is 106 Å². The molecule has 0 spiro atoms. The van der Waals surface area contributed by atoms with Crippen LogP contribution in [-0.4, -0.2) is 29.3 Å². The lowest BCUT2D eigenvalue weighted by Gasteiger charge is -2.29. The van der Waals surface area contributed by atoms with Gasteiger partial charge in [0.15, 0.2) is 5.11 Å². The van der Waals surface area contributed by atoms with Gasteiger partial charge < -0.3 is 14.8 Å². The molecule has 1 fully saturated rings. The van der Waals surface area contributed by atoms with Gasteiger partial charge in [0.1, 0.15) is 0 Å².